The molecule has 2 heterocycles. The minimum Gasteiger partial charge on any atom is -0.383 e. The molecule has 2 aromatic heterocycles. The molecule has 0 aliphatic rings. The van der Waals surface area contributed by atoms with Crippen molar-refractivity contribution >= 4 is 21.7 Å². The van der Waals surface area contributed by atoms with E-state index in [1.807, 2.05) is 19.1 Å². The van der Waals surface area contributed by atoms with E-state index in [2.05, 4.69) is 51.7 Å². The number of aromatic nitrogens is 3. The Kier molecular flexibility index (Phi) is 3.58. The van der Waals surface area contributed by atoms with E-state index in [0.29, 0.717) is 11.6 Å². The molecule has 100 valence electrons. The zero-order valence-electron chi connectivity index (χ0n) is 11.5. The van der Waals surface area contributed by atoms with Crippen LogP contribution in [0.4, 0.5) is 5.82 Å². The normalized spacial score (nSPS) is 11.6. The maximum Gasteiger partial charge on any atom is 0.180 e. The molecule has 0 spiro atoms. The van der Waals surface area contributed by atoms with Gasteiger partial charge in [0.1, 0.15) is 11.5 Å². The summed E-state index contributed by atoms with van der Waals surface area (Å²) in [5.41, 5.74) is 8.60. The van der Waals surface area contributed by atoms with Gasteiger partial charge in [-0.05, 0) is 40.5 Å². The predicted molar refractivity (Wildman–Crippen MR) is 80.8 cm³/mol. The van der Waals surface area contributed by atoms with Gasteiger partial charge in [0, 0.05) is 11.6 Å². The third-order valence-electron chi connectivity index (χ3n) is 2.73. The van der Waals surface area contributed by atoms with E-state index in [9.17, 15) is 0 Å². The van der Waals surface area contributed by atoms with Crippen molar-refractivity contribution in [1.82, 2.24) is 15.0 Å². The smallest absolute Gasteiger partial charge is 0.180 e. The molecule has 0 saturated heterocycles. The Bertz CT molecular complexity index is 617. The van der Waals surface area contributed by atoms with Crippen LogP contribution in [-0.2, 0) is 5.41 Å². The molecule has 2 N–H and O–H groups in total. The van der Waals surface area contributed by atoms with Gasteiger partial charge in [-0.25, -0.2) is 9.97 Å². The number of hydrogen-bond acceptors (Lipinski definition) is 4. The lowest BCUT2D eigenvalue weighted by molar-refractivity contribution is 0.564. The van der Waals surface area contributed by atoms with Crippen LogP contribution in [0.25, 0.3) is 11.5 Å². The second kappa shape index (κ2) is 4.89. The molecule has 0 radical (unpaired) electrons. The molecule has 0 atom stereocenters. The number of nitrogens with zero attached hydrogens (tertiary/aromatic N) is 3. The fourth-order valence-corrected chi connectivity index (χ4v) is 2.51. The number of aryl methyl sites for hydroxylation is 1. The van der Waals surface area contributed by atoms with Gasteiger partial charge in [0.25, 0.3) is 0 Å². The Hall–Kier alpha value is -1.49. The van der Waals surface area contributed by atoms with Gasteiger partial charge in [0.15, 0.2) is 5.82 Å². The van der Waals surface area contributed by atoms with Crippen molar-refractivity contribution in [3.05, 3.63) is 34.1 Å². The Morgan fingerprint density at radius 2 is 1.89 bits per heavy atom. The Labute approximate surface area is 121 Å². The highest BCUT2D eigenvalue weighted by Crippen LogP contribution is 2.32. The molecule has 5 heteroatoms. The molecule has 0 aliphatic carbocycles. The molecule has 4 nitrogen and oxygen atoms in total. The van der Waals surface area contributed by atoms with E-state index in [4.69, 9.17) is 5.73 Å². The van der Waals surface area contributed by atoms with Crippen LogP contribution < -0.4 is 5.73 Å². The number of anilines is 1. The van der Waals surface area contributed by atoms with Gasteiger partial charge in [-0.1, -0.05) is 20.8 Å². The Balaban J connectivity index is 2.63. The van der Waals surface area contributed by atoms with Crippen LogP contribution in [0.1, 0.15) is 32.0 Å². The highest BCUT2D eigenvalue weighted by Gasteiger charge is 2.23. The zero-order valence-corrected chi connectivity index (χ0v) is 13.1. The molecule has 2 rings (SSSR count). The van der Waals surface area contributed by atoms with Crippen LogP contribution in [0.3, 0.4) is 0 Å². The fraction of sp³-hybridized carbons (Fsp3) is 0.357. The highest BCUT2D eigenvalue weighted by atomic mass is 79.9. The van der Waals surface area contributed by atoms with E-state index >= 15 is 0 Å². The second-order valence-electron chi connectivity index (χ2n) is 5.56. The Morgan fingerprint density at radius 1 is 1.21 bits per heavy atom. The standard InChI is InChI=1S/C14H17BrN4/c1-8-5-6-17-9(7-8)13-18-11(14(2,3)4)10(15)12(16)19-13/h5-7H,1-4H3,(H2,16,18,19). The van der Waals surface area contributed by atoms with Gasteiger partial charge in [0.05, 0.1) is 10.2 Å². The first-order valence-electron chi connectivity index (χ1n) is 6.05. The number of nitrogen functional groups attached to an aromatic ring is 1. The van der Waals surface area contributed by atoms with Crippen molar-refractivity contribution in [2.45, 2.75) is 33.1 Å². The largest absolute Gasteiger partial charge is 0.383 e. The van der Waals surface area contributed by atoms with Crippen LogP contribution in [0.15, 0.2) is 22.8 Å². The molecule has 0 aromatic carbocycles. The van der Waals surface area contributed by atoms with Crippen LogP contribution in [-0.4, -0.2) is 15.0 Å². The molecule has 19 heavy (non-hydrogen) atoms. The summed E-state index contributed by atoms with van der Waals surface area (Å²) in [7, 11) is 0. The summed E-state index contributed by atoms with van der Waals surface area (Å²) in [6.07, 6.45) is 1.75. The molecular formula is C14H17BrN4. The second-order valence-corrected chi connectivity index (χ2v) is 6.36. The number of halogens is 1. The third-order valence-corrected chi connectivity index (χ3v) is 3.51. The lowest BCUT2D eigenvalue weighted by atomic mass is 9.92. The van der Waals surface area contributed by atoms with Gasteiger partial charge in [-0.2, -0.15) is 0 Å². The summed E-state index contributed by atoms with van der Waals surface area (Å²) in [5, 5.41) is 0. The number of rotatable bonds is 1. The van der Waals surface area contributed by atoms with Crippen molar-refractivity contribution < 1.29 is 0 Å². The molecule has 2 aromatic rings. The first-order chi connectivity index (χ1) is 8.79. The van der Waals surface area contributed by atoms with E-state index in [0.717, 1.165) is 21.4 Å². The summed E-state index contributed by atoms with van der Waals surface area (Å²) in [4.78, 5) is 13.2. The van der Waals surface area contributed by atoms with Gasteiger partial charge < -0.3 is 5.73 Å². The lowest BCUT2D eigenvalue weighted by Crippen LogP contribution is -2.17. The van der Waals surface area contributed by atoms with Gasteiger partial charge >= 0.3 is 0 Å². The Morgan fingerprint density at radius 3 is 2.47 bits per heavy atom. The van der Waals surface area contributed by atoms with Crippen molar-refractivity contribution in [2.75, 3.05) is 5.73 Å². The van der Waals surface area contributed by atoms with E-state index < -0.39 is 0 Å². The SMILES string of the molecule is Cc1ccnc(-c2nc(N)c(Br)c(C(C)(C)C)n2)c1. The van der Waals surface area contributed by atoms with Gasteiger partial charge in [-0.3, -0.25) is 4.98 Å². The van der Waals surface area contributed by atoms with Crippen molar-refractivity contribution in [3.63, 3.8) is 0 Å². The highest BCUT2D eigenvalue weighted by molar-refractivity contribution is 9.10. The minimum absolute atomic E-state index is 0.117. The van der Waals surface area contributed by atoms with Crippen molar-refractivity contribution in [2.24, 2.45) is 0 Å². The molecular weight excluding hydrogens is 304 g/mol. The van der Waals surface area contributed by atoms with Crippen LogP contribution >= 0.6 is 15.9 Å². The van der Waals surface area contributed by atoms with Crippen LogP contribution in [0.5, 0.6) is 0 Å². The quantitative estimate of drug-likeness (QED) is 0.873. The zero-order chi connectivity index (χ0) is 14.2. The average Bonchev–Trinajstić information content (AvgIpc) is 2.31. The van der Waals surface area contributed by atoms with E-state index in [1.54, 1.807) is 6.20 Å². The lowest BCUT2D eigenvalue weighted by Gasteiger charge is -2.20. The number of nitrogens with two attached hydrogens (primary N) is 1. The van der Waals surface area contributed by atoms with Crippen molar-refractivity contribution in [3.8, 4) is 11.5 Å². The van der Waals surface area contributed by atoms with Crippen LogP contribution in [0, 0.1) is 6.92 Å². The topological polar surface area (TPSA) is 64.7 Å². The van der Waals surface area contributed by atoms with Gasteiger partial charge in [-0.15, -0.1) is 0 Å². The maximum atomic E-state index is 5.97. The molecule has 0 saturated carbocycles. The van der Waals surface area contributed by atoms with Crippen molar-refractivity contribution in [1.29, 1.82) is 0 Å². The third kappa shape index (κ3) is 2.92. The van der Waals surface area contributed by atoms with Gasteiger partial charge in [0.2, 0.25) is 0 Å². The molecule has 0 bridgehead atoms. The number of pyridine rings is 1. The summed E-state index contributed by atoms with van der Waals surface area (Å²) in [6.45, 7) is 8.28. The first kappa shape index (κ1) is 13.9. The first-order valence-corrected chi connectivity index (χ1v) is 6.85. The molecule has 0 fully saturated rings. The number of hydrogen-bond donors (Lipinski definition) is 1. The monoisotopic (exact) mass is 320 g/mol. The summed E-state index contributed by atoms with van der Waals surface area (Å²) >= 11 is 3.47. The minimum atomic E-state index is -0.117. The predicted octanol–water partition coefficient (Wildman–Crippen LogP) is 3.49. The maximum absolute atomic E-state index is 5.97. The molecule has 0 aliphatic heterocycles. The summed E-state index contributed by atoms with van der Waals surface area (Å²) in [5.74, 6) is 1.01. The average molecular weight is 321 g/mol. The molecule has 0 unspecified atom stereocenters. The molecule has 0 amide bonds. The van der Waals surface area contributed by atoms with Crippen LogP contribution in [0.2, 0.25) is 0 Å². The summed E-state index contributed by atoms with van der Waals surface area (Å²) in [6, 6.07) is 3.89. The van der Waals surface area contributed by atoms with E-state index in [-0.39, 0.29) is 5.41 Å². The van der Waals surface area contributed by atoms with E-state index in [1.165, 1.54) is 0 Å². The fourth-order valence-electron chi connectivity index (χ4n) is 1.73. The summed E-state index contributed by atoms with van der Waals surface area (Å²) < 4.78 is 0.761.